The quantitative estimate of drug-likeness (QED) is 0.629. The van der Waals surface area contributed by atoms with Gasteiger partial charge in [-0.05, 0) is 26.2 Å². The molecule has 0 aromatic carbocycles. The molecule has 0 bridgehead atoms. The first kappa shape index (κ1) is 25.0. The van der Waals surface area contributed by atoms with Crippen molar-refractivity contribution in [3.05, 3.63) is 11.6 Å². The van der Waals surface area contributed by atoms with Gasteiger partial charge in [-0.3, -0.25) is 0 Å². The second kappa shape index (κ2) is 13.9. The second-order valence-electron chi connectivity index (χ2n) is 4.30. The third-order valence-corrected chi connectivity index (χ3v) is 3.23. The molecule has 91 valence electrons. The summed E-state index contributed by atoms with van der Waals surface area (Å²) in [6.45, 7) is 4.11. The Morgan fingerprint density at radius 1 is 1.12 bits per heavy atom. The van der Waals surface area contributed by atoms with Crippen molar-refractivity contribution >= 4 is 0 Å². The maximum atomic E-state index is 9.87. The van der Waals surface area contributed by atoms with Crippen LogP contribution in [0.3, 0.4) is 0 Å². The van der Waals surface area contributed by atoms with Crippen LogP contribution in [0.5, 0.6) is 0 Å². The Morgan fingerprint density at radius 2 is 1.59 bits per heavy atom. The molecule has 2 atom stereocenters. The molecule has 0 aliphatic heterocycles. The van der Waals surface area contributed by atoms with Gasteiger partial charge >= 0.3 is 0 Å². The van der Waals surface area contributed by atoms with Gasteiger partial charge in [-0.25, -0.2) is 0 Å². The number of allylic oxidation sites excluding steroid dienone is 1. The third-order valence-electron chi connectivity index (χ3n) is 3.23. The zero-order valence-electron chi connectivity index (χ0n) is 11.0. The van der Waals surface area contributed by atoms with Crippen LogP contribution in [0.25, 0.3) is 0 Å². The van der Waals surface area contributed by atoms with Gasteiger partial charge in [0.25, 0.3) is 0 Å². The van der Waals surface area contributed by atoms with Gasteiger partial charge in [0.2, 0.25) is 0 Å². The summed E-state index contributed by atoms with van der Waals surface area (Å²) in [5.74, 6) is 0.0960. The van der Waals surface area contributed by atoms with Crippen molar-refractivity contribution in [1.82, 2.24) is 0 Å². The monoisotopic (exact) mass is 465 g/mol. The number of rotatable bonds is 3. The van der Waals surface area contributed by atoms with Crippen LogP contribution in [-0.2, 0) is 98.1 Å². The van der Waals surface area contributed by atoms with Gasteiger partial charge in [-0.2, -0.15) is 0 Å². The third kappa shape index (κ3) is 8.76. The molecule has 0 unspecified atom stereocenters. The molecule has 1 saturated carbocycles. The number of hydrogen-bond acceptors (Lipinski definition) is 2. The number of aliphatic hydroxyl groups is 2. The van der Waals surface area contributed by atoms with Crippen molar-refractivity contribution in [3.63, 3.8) is 0 Å². The van der Waals surface area contributed by atoms with E-state index >= 15 is 0 Å². The van der Waals surface area contributed by atoms with E-state index in [9.17, 15) is 10.2 Å². The van der Waals surface area contributed by atoms with Crippen molar-refractivity contribution < 1.29 is 108 Å². The molecule has 5 heteroatoms. The number of aliphatic hydroxyl groups excluding tert-OH is 2. The molecule has 2 N–H and O–H groups in total. The smallest absolute Gasteiger partial charge is 0.0630 e. The first-order valence-electron chi connectivity index (χ1n) is 5.69. The van der Waals surface area contributed by atoms with Crippen LogP contribution in [0.4, 0.5) is 0 Å². The van der Waals surface area contributed by atoms with Gasteiger partial charge < -0.3 is 10.2 Å². The fourth-order valence-corrected chi connectivity index (χ4v) is 2.24. The van der Waals surface area contributed by atoms with Crippen LogP contribution in [0, 0.1) is 5.92 Å². The van der Waals surface area contributed by atoms with Gasteiger partial charge in [0, 0.05) is 104 Å². The van der Waals surface area contributed by atoms with Gasteiger partial charge in [-0.1, -0.05) is 31.4 Å². The van der Waals surface area contributed by atoms with E-state index in [-0.39, 0.29) is 116 Å². The predicted octanol–water partition coefficient (Wildman–Crippen LogP) is 2.25. The predicted molar refractivity (Wildman–Crippen MR) is 58.0 cm³/mol. The molecule has 1 fully saturated rings. The van der Waals surface area contributed by atoms with Gasteiger partial charge in [0.1, 0.15) is 0 Å². The molecular weight excluding hydrogens is 443 g/mol. The van der Waals surface area contributed by atoms with Crippen LogP contribution in [-0.4, -0.2) is 22.4 Å². The maximum Gasteiger partial charge on any atom is 0.0630 e. The molecule has 0 spiro atoms. The van der Waals surface area contributed by atoms with Crippen LogP contribution < -0.4 is 0 Å². The summed E-state index contributed by atoms with van der Waals surface area (Å²) in [6, 6.07) is 0. The summed E-state index contributed by atoms with van der Waals surface area (Å²) in [6.07, 6.45) is 6.03. The fourth-order valence-electron chi connectivity index (χ4n) is 2.24. The average Bonchev–Trinajstić information content (AvgIpc) is 2.16. The van der Waals surface area contributed by atoms with E-state index in [4.69, 9.17) is 0 Å². The minimum absolute atomic E-state index is 0. The van der Waals surface area contributed by atoms with Crippen LogP contribution in [0.15, 0.2) is 11.6 Å². The molecule has 3 radical (unpaired) electrons. The normalized spacial score (nSPS) is 27.3. The first-order chi connectivity index (χ1) is 6.69. The minimum Gasteiger partial charge on any atom is -0.392 e. The van der Waals surface area contributed by atoms with Gasteiger partial charge in [0.05, 0.1) is 12.2 Å². The van der Waals surface area contributed by atoms with E-state index < -0.39 is 0 Å². The average molecular weight is 465 g/mol. The Labute approximate surface area is 181 Å². The van der Waals surface area contributed by atoms with E-state index in [0.29, 0.717) is 0 Å². The minimum atomic E-state index is -0.337. The molecule has 0 saturated heterocycles. The van der Waals surface area contributed by atoms with Crippen LogP contribution in [0.1, 0.15) is 46.0 Å². The molecule has 0 aromatic heterocycles. The topological polar surface area (TPSA) is 40.5 Å². The van der Waals surface area contributed by atoms with E-state index in [0.717, 1.165) is 32.1 Å². The molecule has 1 aliphatic rings. The molecule has 0 heterocycles. The molecule has 1 aliphatic carbocycles. The maximum absolute atomic E-state index is 9.87. The van der Waals surface area contributed by atoms with E-state index in [2.05, 4.69) is 6.92 Å². The SMILES string of the molecule is CC=C1C[C@@H](O)C(CCCC)[C@H](O)C1.[Y].[Y].[Y]. The summed E-state index contributed by atoms with van der Waals surface area (Å²) in [7, 11) is 0. The molecule has 0 amide bonds. The van der Waals surface area contributed by atoms with E-state index in [1.807, 2.05) is 13.0 Å². The summed E-state index contributed by atoms with van der Waals surface area (Å²) < 4.78 is 0. The zero-order chi connectivity index (χ0) is 10.6. The molecular formula is C12H22O2Y3. The van der Waals surface area contributed by atoms with Gasteiger partial charge in [0.15, 0.2) is 0 Å². The van der Waals surface area contributed by atoms with Crippen molar-refractivity contribution in [2.75, 3.05) is 0 Å². The Morgan fingerprint density at radius 3 is 1.94 bits per heavy atom. The zero-order valence-corrected chi connectivity index (χ0v) is 19.5. The fraction of sp³-hybridized carbons (Fsp3) is 0.833. The van der Waals surface area contributed by atoms with Crippen molar-refractivity contribution in [2.45, 2.75) is 58.2 Å². The summed E-state index contributed by atoms with van der Waals surface area (Å²) in [4.78, 5) is 0. The summed E-state index contributed by atoms with van der Waals surface area (Å²) in [5, 5.41) is 19.7. The Hall–Kier alpha value is 2.97. The standard InChI is InChI=1S/C12H22O2.3Y/c1-3-5-6-10-11(13)7-9(4-2)8-12(10)14;;;/h4,10-14H,3,5-8H2,1-2H3;;;/t10?,11-,12-;;;/m1.../s1. The number of hydrogen-bond donors (Lipinski definition) is 2. The second-order valence-corrected chi connectivity index (χ2v) is 4.30. The Bertz CT molecular complexity index is 196. The summed E-state index contributed by atoms with van der Waals surface area (Å²) in [5.41, 5.74) is 1.19. The van der Waals surface area contributed by atoms with Crippen molar-refractivity contribution in [3.8, 4) is 0 Å². The number of unbranched alkanes of at least 4 members (excludes halogenated alkanes) is 1. The largest absolute Gasteiger partial charge is 0.392 e. The molecule has 2 nitrogen and oxygen atoms in total. The van der Waals surface area contributed by atoms with Crippen LogP contribution >= 0.6 is 0 Å². The van der Waals surface area contributed by atoms with Crippen molar-refractivity contribution in [2.24, 2.45) is 5.92 Å². The van der Waals surface area contributed by atoms with E-state index in [1.54, 1.807) is 0 Å². The first-order valence-corrected chi connectivity index (χ1v) is 5.69. The molecule has 0 aromatic rings. The van der Waals surface area contributed by atoms with Gasteiger partial charge in [-0.15, -0.1) is 0 Å². The van der Waals surface area contributed by atoms with Crippen molar-refractivity contribution in [1.29, 1.82) is 0 Å². The Kier molecular flexibility index (Phi) is 20.5. The molecule has 1 rings (SSSR count). The van der Waals surface area contributed by atoms with E-state index in [1.165, 1.54) is 5.57 Å². The van der Waals surface area contributed by atoms with Crippen LogP contribution in [0.2, 0.25) is 0 Å². The molecule has 17 heavy (non-hydrogen) atoms. The summed E-state index contributed by atoms with van der Waals surface area (Å²) >= 11 is 0. The Balaban J connectivity index is -0.000000653.